The smallest absolute Gasteiger partial charge is 0.267 e. The minimum atomic E-state index is -0.520. The van der Waals surface area contributed by atoms with Gasteiger partial charge in [-0.2, -0.15) is 0 Å². The highest BCUT2D eigenvalue weighted by molar-refractivity contribution is 7.44. The number of nitrogens with one attached hydrogen (secondary N) is 3. The van der Waals surface area contributed by atoms with Crippen molar-refractivity contribution in [1.82, 2.24) is 10.8 Å². The summed E-state index contributed by atoms with van der Waals surface area (Å²) in [6.45, 7) is 6.40. The lowest BCUT2D eigenvalue weighted by Gasteiger charge is -2.18. The highest BCUT2D eigenvalue weighted by atomic mass is 31.1. The summed E-state index contributed by atoms with van der Waals surface area (Å²) in [5.74, 6) is 1.01. The lowest BCUT2D eigenvalue weighted by molar-refractivity contribution is -0.124. The van der Waals surface area contributed by atoms with E-state index in [2.05, 4.69) is 36.4 Å². The van der Waals surface area contributed by atoms with Crippen LogP contribution in [0.3, 0.4) is 0 Å². The number of nitrogens with zero attached hydrogens (tertiary/aromatic N) is 1. The summed E-state index contributed by atoms with van der Waals surface area (Å²) in [6.07, 6.45) is 6.39. The van der Waals surface area contributed by atoms with Crippen LogP contribution in [0.25, 0.3) is 0 Å². The van der Waals surface area contributed by atoms with E-state index in [-0.39, 0.29) is 0 Å². The molecule has 1 heterocycles. The zero-order chi connectivity index (χ0) is 20.1. The largest absolute Gasteiger partial charge is 0.350 e. The van der Waals surface area contributed by atoms with E-state index in [4.69, 9.17) is 5.21 Å². The first-order chi connectivity index (χ1) is 13.0. The lowest BCUT2D eigenvalue weighted by atomic mass is 10.1. The van der Waals surface area contributed by atoms with Crippen LogP contribution >= 0.6 is 8.58 Å². The number of rotatable bonds is 6. The Morgan fingerprint density at radius 3 is 2.52 bits per heavy atom. The number of hydrogen-bond acceptors (Lipinski definition) is 4. The quantitative estimate of drug-likeness (QED) is 0.197. The number of anilines is 1. The highest BCUT2D eigenvalue weighted by Gasteiger charge is 2.10. The first-order valence-corrected chi connectivity index (χ1v) is 9.81. The summed E-state index contributed by atoms with van der Waals surface area (Å²) in [5.41, 5.74) is 2.38. The Kier molecular flexibility index (Phi) is 10.7. The predicted molar refractivity (Wildman–Crippen MR) is 111 cm³/mol. The van der Waals surface area contributed by atoms with E-state index in [9.17, 15) is 9.59 Å². The van der Waals surface area contributed by atoms with Gasteiger partial charge in [-0.05, 0) is 36.4 Å². The number of allylic oxidation sites excluding steroid dienone is 2. The van der Waals surface area contributed by atoms with E-state index < -0.39 is 5.91 Å². The molecule has 0 aliphatic carbocycles. The molecule has 4 N–H and O–H groups in total. The van der Waals surface area contributed by atoms with Crippen molar-refractivity contribution in [3.63, 3.8) is 0 Å². The number of carbonyl (C=O) groups excluding carboxylic acids is 2. The minimum Gasteiger partial charge on any atom is -0.350 e. The van der Waals surface area contributed by atoms with Gasteiger partial charge >= 0.3 is 0 Å². The Morgan fingerprint density at radius 2 is 2.00 bits per heavy atom. The van der Waals surface area contributed by atoms with Crippen molar-refractivity contribution < 1.29 is 14.8 Å². The number of para-hydroxylation sites is 1. The van der Waals surface area contributed by atoms with Gasteiger partial charge < -0.3 is 10.6 Å². The number of hydrogen-bond donors (Lipinski definition) is 4. The van der Waals surface area contributed by atoms with Gasteiger partial charge in [-0.3, -0.25) is 19.8 Å². The summed E-state index contributed by atoms with van der Waals surface area (Å²) >= 11 is 0. The van der Waals surface area contributed by atoms with E-state index in [0.29, 0.717) is 27.0 Å². The molecule has 0 spiro atoms. The van der Waals surface area contributed by atoms with Gasteiger partial charge in [-0.1, -0.05) is 40.6 Å². The molecule has 7 nitrogen and oxygen atoms in total. The molecule has 0 fully saturated rings. The van der Waals surface area contributed by atoms with E-state index >= 15 is 0 Å². The second kappa shape index (κ2) is 12.8. The maximum Gasteiger partial charge on any atom is 0.267 e. The van der Waals surface area contributed by atoms with Gasteiger partial charge in [0, 0.05) is 24.1 Å². The zero-order valence-corrected chi connectivity index (χ0v) is 16.8. The molecule has 2 atom stereocenters. The molecule has 27 heavy (non-hydrogen) atoms. The molecule has 146 valence electrons. The van der Waals surface area contributed by atoms with E-state index in [1.165, 1.54) is 6.08 Å². The van der Waals surface area contributed by atoms with Crippen LogP contribution in [-0.4, -0.2) is 35.6 Å². The van der Waals surface area contributed by atoms with Gasteiger partial charge in [0.25, 0.3) is 5.91 Å². The Morgan fingerprint density at radius 1 is 1.30 bits per heavy atom. The van der Waals surface area contributed by atoms with Crippen molar-refractivity contribution >= 4 is 32.4 Å². The fraction of sp³-hybridized carbons (Fsp3) is 0.316. The number of amides is 2. The van der Waals surface area contributed by atoms with Crippen LogP contribution in [-0.2, 0) is 9.59 Å². The Labute approximate surface area is 161 Å². The summed E-state index contributed by atoms with van der Waals surface area (Å²) < 4.78 is 0. The minimum absolute atomic E-state index is 0.308. The molecule has 1 aromatic rings. The molecule has 2 amide bonds. The summed E-state index contributed by atoms with van der Waals surface area (Å²) in [6, 6.07) is 9.60. The van der Waals surface area contributed by atoms with Crippen molar-refractivity contribution in [3.8, 4) is 0 Å². The molecular weight excluding hydrogens is 363 g/mol. The zero-order valence-electron chi connectivity index (χ0n) is 15.8. The summed E-state index contributed by atoms with van der Waals surface area (Å²) in [4.78, 5) is 25.3. The maximum atomic E-state index is 10.8. The van der Waals surface area contributed by atoms with Crippen LogP contribution in [0.1, 0.15) is 20.8 Å². The van der Waals surface area contributed by atoms with Crippen LogP contribution < -0.4 is 16.1 Å². The molecule has 1 aromatic carbocycles. The first-order valence-electron chi connectivity index (χ1n) is 8.61. The molecule has 0 radical (unpaired) electrons. The fourth-order valence-electron chi connectivity index (χ4n) is 1.84. The van der Waals surface area contributed by atoms with Crippen molar-refractivity contribution in [2.45, 2.75) is 26.8 Å². The number of carbonyl (C=O) groups is 2. The maximum absolute atomic E-state index is 10.8. The van der Waals surface area contributed by atoms with Gasteiger partial charge in [0.05, 0.1) is 6.04 Å². The molecule has 0 saturated carbocycles. The van der Waals surface area contributed by atoms with Gasteiger partial charge in [0.15, 0.2) is 0 Å². The average Bonchev–Trinajstić information content (AvgIpc) is 2.68. The van der Waals surface area contributed by atoms with E-state index in [1.54, 1.807) is 11.6 Å². The van der Waals surface area contributed by atoms with Crippen molar-refractivity contribution in [3.05, 3.63) is 54.0 Å². The normalized spacial score (nSPS) is 16.9. The first kappa shape index (κ1) is 22.5. The van der Waals surface area contributed by atoms with Crippen LogP contribution in [0.4, 0.5) is 5.69 Å². The van der Waals surface area contributed by atoms with Gasteiger partial charge in [0.1, 0.15) is 5.84 Å². The molecule has 1 aliphatic heterocycles. The molecule has 2 unspecified atom stereocenters. The van der Waals surface area contributed by atoms with Crippen LogP contribution in [0.2, 0.25) is 0 Å². The van der Waals surface area contributed by atoms with Gasteiger partial charge in [-0.25, -0.2) is 5.48 Å². The van der Waals surface area contributed by atoms with Crippen LogP contribution in [0, 0.1) is 5.92 Å². The van der Waals surface area contributed by atoms with Gasteiger partial charge in [-0.15, -0.1) is 0 Å². The summed E-state index contributed by atoms with van der Waals surface area (Å²) in [7, 11) is 0.587. The topological polar surface area (TPSA) is 103 Å². The van der Waals surface area contributed by atoms with Crippen LogP contribution in [0.5, 0.6) is 0 Å². The highest BCUT2D eigenvalue weighted by Crippen LogP contribution is 2.27. The third kappa shape index (κ3) is 9.68. The van der Waals surface area contributed by atoms with Crippen molar-refractivity contribution in [2.75, 3.05) is 11.5 Å². The summed E-state index contributed by atoms with van der Waals surface area (Å²) in [5, 5.41) is 15.1. The number of benzene rings is 1. The number of hydroxylamine groups is 1. The molecule has 2 rings (SSSR count). The Bertz CT molecular complexity index is 687. The third-order valence-corrected chi connectivity index (χ3v) is 4.93. The van der Waals surface area contributed by atoms with Crippen molar-refractivity contribution in [1.29, 1.82) is 0 Å². The molecule has 0 saturated heterocycles. The van der Waals surface area contributed by atoms with Crippen molar-refractivity contribution in [2.24, 2.45) is 10.9 Å². The molecular formula is C19H27N4O3P. The number of amidine groups is 1. The SMILES string of the molecule is CC(C)C(C)N=C1CPC(/C=C/C(=O)NO)=CN1.O=CNc1ccccc1. The fourth-order valence-corrected chi connectivity index (χ4v) is 2.78. The standard InChI is InChI=1S/C12H20N3O2P.C7H7NO/c1-8(2)9(3)14-11-7-18-10(6-13-11)4-5-12(16)15-17;9-6-8-7-4-2-1-3-5-7/h4-6,8-9,17-18H,7H2,1-3H3,(H,13,14)(H,15,16);1-6H,(H,8,9)/b5-4+;. The third-order valence-electron chi connectivity index (χ3n) is 3.70. The number of aliphatic imine (C=N–C) groups is 1. The molecule has 1 aliphatic rings. The Hall–Kier alpha value is -2.50. The average molecular weight is 390 g/mol. The molecule has 0 aromatic heterocycles. The lowest BCUT2D eigenvalue weighted by Crippen LogP contribution is -2.26. The predicted octanol–water partition coefficient (Wildman–Crippen LogP) is 2.87. The van der Waals surface area contributed by atoms with Gasteiger partial charge in [0.2, 0.25) is 6.41 Å². The van der Waals surface area contributed by atoms with E-state index in [0.717, 1.165) is 23.0 Å². The second-order valence-electron chi connectivity index (χ2n) is 6.10. The molecule has 0 bridgehead atoms. The Balaban J connectivity index is 0.000000337. The molecule has 8 heteroatoms. The monoisotopic (exact) mass is 390 g/mol. The van der Waals surface area contributed by atoms with E-state index in [1.807, 2.05) is 36.5 Å². The van der Waals surface area contributed by atoms with Crippen LogP contribution in [0.15, 0.2) is 59.0 Å². The second-order valence-corrected chi connectivity index (χ2v) is 7.38.